The van der Waals surface area contributed by atoms with E-state index in [1.54, 1.807) is 0 Å². The fraction of sp³-hybridized carbons (Fsp3) is 0.533. The van der Waals surface area contributed by atoms with Crippen molar-refractivity contribution in [2.45, 2.75) is 44.4 Å². The number of nitrogens with one attached hydrogen (secondary N) is 1. The first kappa shape index (κ1) is 14.0. The lowest BCUT2D eigenvalue weighted by Crippen LogP contribution is -2.41. The fourth-order valence-electron chi connectivity index (χ4n) is 2.43. The molecule has 1 heterocycles. The predicted molar refractivity (Wildman–Crippen MR) is 74.7 cm³/mol. The van der Waals surface area contributed by atoms with Crippen LogP contribution in [0.25, 0.3) is 0 Å². The van der Waals surface area contributed by atoms with E-state index in [9.17, 15) is 4.79 Å². The zero-order valence-corrected chi connectivity index (χ0v) is 11.3. The summed E-state index contributed by atoms with van der Waals surface area (Å²) in [7, 11) is 0. The van der Waals surface area contributed by atoms with Crippen molar-refractivity contribution in [3.8, 4) is 0 Å². The van der Waals surface area contributed by atoms with Crippen molar-refractivity contribution in [2.75, 3.05) is 6.54 Å². The average Bonchev–Trinajstić information content (AvgIpc) is 2.88. The molecule has 0 bridgehead atoms. The first-order valence-corrected chi connectivity index (χ1v) is 6.89. The zero-order valence-electron chi connectivity index (χ0n) is 11.3. The molecular weight excluding hydrogens is 240 g/mol. The zero-order chi connectivity index (χ0) is 13.7. The van der Waals surface area contributed by atoms with E-state index in [-0.39, 0.29) is 24.2 Å². The van der Waals surface area contributed by atoms with Gasteiger partial charge in [0.2, 0.25) is 5.91 Å². The summed E-state index contributed by atoms with van der Waals surface area (Å²) in [6.07, 6.45) is 2.19. The fourth-order valence-corrected chi connectivity index (χ4v) is 2.43. The molecule has 104 valence electrons. The molecule has 0 aromatic heterocycles. The highest BCUT2D eigenvalue weighted by atomic mass is 16.5. The number of ether oxygens (including phenoxy) is 1. The van der Waals surface area contributed by atoms with Gasteiger partial charge in [-0.15, -0.1) is 0 Å². The number of carbonyl (C=O) groups is 1. The molecule has 4 heteroatoms. The quantitative estimate of drug-likeness (QED) is 0.839. The summed E-state index contributed by atoms with van der Waals surface area (Å²) in [6, 6.07) is 10.3. The summed E-state index contributed by atoms with van der Waals surface area (Å²) in [5, 5.41) is 3.01. The molecule has 19 heavy (non-hydrogen) atoms. The van der Waals surface area contributed by atoms with E-state index in [1.807, 2.05) is 25.1 Å². The van der Waals surface area contributed by atoms with Gasteiger partial charge in [0, 0.05) is 12.6 Å². The van der Waals surface area contributed by atoms with Crippen molar-refractivity contribution in [1.82, 2.24) is 5.32 Å². The minimum Gasteiger partial charge on any atom is -0.364 e. The van der Waals surface area contributed by atoms with Crippen LogP contribution in [-0.2, 0) is 16.0 Å². The second kappa shape index (κ2) is 6.68. The van der Waals surface area contributed by atoms with Gasteiger partial charge in [-0.25, -0.2) is 0 Å². The maximum absolute atomic E-state index is 12.0. The van der Waals surface area contributed by atoms with Crippen LogP contribution < -0.4 is 11.1 Å². The topological polar surface area (TPSA) is 64.4 Å². The maximum Gasteiger partial charge on any atom is 0.249 e. The third kappa shape index (κ3) is 4.04. The highest BCUT2D eigenvalue weighted by Gasteiger charge is 2.30. The largest absolute Gasteiger partial charge is 0.364 e. The first-order valence-electron chi connectivity index (χ1n) is 6.89. The highest BCUT2D eigenvalue weighted by molar-refractivity contribution is 5.81. The van der Waals surface area contributed by atoms with Crippen molar-refractivity contribution in [3.63, 3.8) is 0 Å². The predicted octanol–water partition coefficient (Wildman–Crippen LogP) is 1.24. The van der Waals surface area contributed by atoms with Gasteiger partial charge in [0.25, 0.3) is 0 Å². The Balaban J connectivity index is 1.79. The minimum atomic E-state index is -0.327. The second-order valence-corrected chi connectivity index (χ2v) is 5.16. The van der Waals surface area contributed by atoms with Crippen molar-refractivity contribution in [2.24, 2.45) is 5.73 Å². The second-order valence-electron chi connectivity index (χ2n) is 5.16. The van der Waals surface area contributed by atoms with E-state index >= 15 is 0 Å². The monoisotopic (exact) mass is 262 g/mol. The molecule has 1 fully saturated rings. The lowest BCUT2D eigenvalue weighted by Gasteiger charge is -2.17. The molecule has 4 nitrogen and oxygen atoms in total. The lowest BCUT2D eigenvalue weighted by molar-refractivity contribution is -0.132. The summed E-state index contributed by atoms with van der Waals surface area (Å²) in [4.78, 5) is 12.0. The third-order valence-corrected chi connectivity index (χ3v) is 3.44. The van der Waals surface area contributed by atoms with Gasteiger partial charge in [0.1, 0.15) is 6.10 Å². The van der Waals surface area contributed by atoms with E-state index < -0.39 is 0 Å². The maximum atomic E-state index is 12.0. The minimum absolute atomic E-state index is 0.0145. The first-order chi connectivity index (χ1) is 9.19. The van der Waals surface area contributed by atoms with E-state index in [2.05, 4.69) is 17.4 Å². The Kier molecular flexibility index (Phi) is 4.93. The number of benzene rings is 1. The Hall–Kier alpha value is -1.39. The number of hydrogen-bond acceptors (Lipinski definition) is 3. The van der Waals surface area contributed by atoms with E-state index in [0.29, 0.717) is 6.54 Å². The van der Waals surface area contributed by atoms with Crippen molar-refractivity contribution >= 4 is 5.91 Å². The Bertz CT molecular complexity index is 408. The van der Waals surface area contributed by atoms with Crippen molar-refractivity contribution in [1.29, 1.82) is 0 Å². The highest BCUT2D eigenvalue weighted by Crippen LogP contribution is 2.19. The van der Waals surface area contributed by atoms with Crippen molar-refractivity contribution in [3.05, 3.63) is 35.9 Å². The van der Waals surface area contributed by atoms with Crippen LogP contribution in [0.2, 0.25) is 0 Å². The molecule has 1 aromatic rings. The lowest BCUT2D eigenvalue weighted by atomic mass is 10.1. The third-order valence-electron chi connectivity index (χ3n) is 3.44. The Morgan fingerprint density at radius 3 is 2.79 bits per heavy atom. The van der Waals surface area contributed by atoms with Crippen LogP contribution in [0.1, 0.15) is 25.3 Å². The molecule has 0 spiro atoms. The number of nitrogens with two attached hydrogens (primary N) is 1. The molecule has 3 unspecified atom stereocenters. The van der Waals surface area contributed by atoms with Gasteiger partial charge in [-0.1, -0.05) is 30.3 Å². The molecule has 1 aliphatic heterocycles. The molecule has 0 radical (unpaired) electrons. The Morgan fingerprint density at radius 1 is 1.42 bits per heavy atom. The molecule has 2 rings (SSSR count). The van der Waals surface area contributed by atoms with Crippen LogP contribution in [0.3, 0.4) is 0 Å². The summed E-state index contributed by atoms with van der Waals surface area (Å²) >= 11 is 0. The Morgan fingerprint density at radius 2 is 2.16 bits per heavy atom. The molecule has 1 saturated heterocycles. The molecule has 1 amide bonds. The average molecular weight is 262 g/mol. The van der Waals surface area contributed by atoms with Crippen LogP contribution in [-0.4, -0.2) is 30.7 Å². The number of rotatable bonds is 5. The van der Waals surface area contributed by atoms with Gasteiger partial charge in [0.05, 0.1) is 6.10 Å². The standard InChI is InChI=1S/C15H22N2O2/c1-11(9-12-5-3-2-4-6-12)17-15(18)14-8-7-13(10-16)19-14/h2-6,11,13-14H,7-10,16H2,1H3,(H,17,18). The normalized spacial score (nSPS) is 24.1. The van der Waals surface area contributed by atoms with E-state index in [0.717, 1.165) is 19.3 Å². The molecule has 1 aromatic carbocycles. The van der Waals surface area contributed by atoms with Gasteiger partial charge in [-0.3, -0.25) is 4.79 Å². The summed E-state index contributed by atoms with van der Waals surface area (Å²) < 4.78 is 5.59. The van der Waals surface area contributed by atoms with Gasteiger partial charge < -0.3 is 15.8 Å². The van der Waals surface area contributed by atoms with Crippen LogP contribution >= 0.6 is 0 Å². The molecule has 1 aliphatic rings. The van der Waals surface area contributed by atoms with E-state index in [4.69, 9.17) is 10.5 Å². The SMILES string of the molecule is CC(Cc1ccccc1)NC(=O)C1CCC(CN)O1. The number of carbonyl (C=O) groups excluding carboxylic acids is 1. The number of amides is 1. The Labute approximate surface area is 114 Å². The molecule has 3 N–H and O–H groups in total. The molecule has 0 saturated carbocycles. The van der Waals surface area contributed by atoms with Gasteiger partial charge in [-0.05, 0) is 31.7 Å². The van der Waals surface area contributed by atoms with Crippen LogP contribution in [0.5, 0.6) is 0 Å². The summed E-state index contributed by atoms with van der Waals surface area (Å²) in [5.41, 5.74) is 6.77. The van der Waals surface area contributed by atoms with Gasteiger partial charge >= 0.3 is 0 Å². The van der Waals surface area contributed by atoms with Crippen LogP contribution in [0.15, 0.2) is 30.3 Å². The van der Waals surface area contributed by atoms with Gasteiger partial charge in [-0.2, -0.15) is 0 Å². The number of hydrogen-bond donors (Lipinski definition) is 2. The summed E-state index contributed by atoms with van der Waals surface area (Å²) in [6.45, 7) is 2.50. The smallest absolute Gasteiger partial charge is 0.249 e. The van der Waals surface area contributed by atoms with E-state index in [1.165, 1.54) is 5.56 Å². The molecule has 0 aliphatic carbocycles. The van der Waals surface area contributed by atoms with Crippen LogP contribution in [0.4, 0.5) is 0 Å². The van der Waals surface area contributed by atoms with Gasteiger partial charge in [0.15, 0.2) is 0 Å². The molecular formula is C15H22N2O2. The van der Waals surface area contributed by atoms with Crippen LogP contribution in [0, 0.1) is 0 Å². The summed E-state index contributed by atoms with van der Waals surface area (Å²) in [5.74, 6) is -0.0145. The molecule has 3 atom stereocenters. The van der Waals surface area contributed by atoms with Crippen molar-refractivity contribution < 1.29 is 9.53 Å².